The third-order valence-corrected chi connectivity index (χ3v) is 4.83. The summed E-state index contributed by atoms with van der Waals surface area (Å²) in [5.74, 6) is 0.787. The van der Waals surface area contributed by atoms with E-state index in [1.54, 1.807) is 13.8 Å². The maximum atomic E-state index is 12.8. The van der Waals surface area contributed by atoms with Gasteiger partial charge in [-0.1, -0.05) is 34.1 Å². The SMILES string of the molecule is CC1CCC(C)C(F)C1.CC1CCC(C)C(F)C1F.O.O. The zero-order valence-corrected chi connectivity index (χ0v) is 13.7. The lowest BCUT2D eigenvalue weighted by atomic mass is 9.81. The Morgan fingerprint density at radius 2 is 1.00 bits per heavy atom. The fourth-order valence-electron chi connectivity index (χ4n) is 2.93. The molecule has 2 aliphatic rings. The molecule has 0 spiro atoms. The normalized spacial score (nSPS) is 42.7. The van der Waals surface area contributed by atoms with Crippen molar-refractivity contribution in [1.82, 2.24) is 0 Å². The van der Waals surface area contributed by atoms with Crippen LogP contribution in [0.25, 0.3) is 0 Å². The minimum atomic E-state index is -1.22. The molecule has 7 atom stereocenters. The molecule has 21 heavy (non-hydrogen) atoms. The standard InChI is InChI=1S/C8H14F2.C8H15F.2H2O/c1-5-3-4-6(2)8(10)7(5)9;1-6-3-4-7(2)8(9)5-6;;/h5-8H,3-4H2,1-2H3;6-8H,3-5H2,1-2H3;2*1H2. The molecule has 0 aromatic carbocycles. The molecule has 0 saturated heterocycles. The van der Waals surface area contributed by atoms with E-state index in [0.717, 1.165) is 25.7 Å². The summed E-state index contributed by atoms with van der Waals surface area (Å²) in [6.07, 6.45) is 1.82. The number of hydrogen-bond acceptors (Lipinski definition) is 0. The van der Waals surface area contributed by atoms with Gasteiger partial charge in [-0.05, 0) is 49.4 Å². The molecule has 2 fully saturated rings. The van der Waals surface area contributed by atoms with Crippen LogP contribution in [0.4, 0.5) is 13.2 Å². The van der Waals surface area contributed by atoms with E-state index >= 15 is 0 Å². The molecule has 2 saturated carbocycles. The molecule has 2 rings (SSSR count). The van der Waals surface area contributed by atoms with Crippen molar-refractivity contribution < 1.29 is 24.1 Å². The third-order valence-electron chi connectivity index (χ3n) is 4.83. The summed E-state index contributed by atoms with van der Waals surface area (Å²) < 4.78 is 38.5. The molecule has 2 nitrogen and oxygen atoms in total. The highest BCUT2D eigenvalue weighted by molar-refractivity contribution is 4.83. The Hall–Kier alpha value is -0.290. The number of halogens is 3. The minimum Gasteiger partial charge on any atom is -0.412 e. The zero-order valence-electron chi connectivity index (χ0n) is 13.7. The van der Waals surface area contributed by atoms with Gasteiger partial charge in [0, 0.05) is 0 Å². The summed E-state index contributed by atoms with van der Waals surface area (Å²) in [7, 11) is 0. The van der Waals surface area contributed by atoms with Gasteiger partial charge in [0.05, 0.1) is 0 Å². The van der Waals surface area contributed by atoms with Crippen LogP contribution in [-0.4, -0.2) is 29.5 Å². The van der Waals surface area contributed by atoms with Gasteiger partial charge in [0.25, 0.3) is 0 Å². The smallest absolute Gasteiger partial charge is 0.134 e. The maximum absolute atomic E-state index is 12.8. The van der Waals surface area contributed by atoms with Crippen molar-refractivity contribution in [3.05, 3.63) is 0 Å². The molecule has 0 aromatic rings. The van der Waals surface area contributed by atoms with Crippen LogP contribution in [0, 0.1) is 23.7 Å². The summed E-state index contributed by atoms with van der Waals surface area (Å²) in [6, 6.07) is 0. The van der Waals surface area contributed by atoms with Gasteiger partial charge in [-0.3, -0.25) is 0 Å². The van der Waals surface area contributed by atoms with Gasteiger partial charge < -0.3 is 11.0 Å². The molecule has 0 aliphatic heterocycles. The lowest BCUT2D eigenvalue weighted by molar-refractivity contribution is 0.0367. The Balaban J connectivity index is 0. The molecular weight excluding hydrogens is 281 g/mol. The molecule has 0 aromatic heterocycles. The molecule has 0 amide bonds. The van der Waals surface area contributed by atoms with Crippen molar-refractivity contribution >= 4 is 0 Å². The van der Waals surface area contributed by atoms with Crippen molar-refractivity contribution in [2.45, 2.75) is 78.3 Å². The van der Waals surface area contributed by atoms with E-state index in [9.17, 15) is 13.2 Å². The summed E-state index contributed by atoms with van der Waals surface area (Å²) >= 11 is 0. The molecule has 0 radical (unpaired) electrons. The summed E-state index contributed by atoms with van der Waals surface area (Å²) in [5.41, 5.74) is 0. The van der Waals surface area contributed by atoms with Crippen molar-refractivity contribution in [1.29, 1.82) is 0 Å². The van der Waals surface area contributed by atoms with Crippen LogP contribution < -0.4 is 0 Å². The van der Waals surface area contributed by atoms with Crippen molar-refractivity contribution in [3.8, 4) is 0 Å². The molecule has 2 aliphatic carbocycles. The van der Waals surface area contributed by atoms with E-state index in [1.165, 1.54) is 6.42 Å². The number of alkyl halides is 3. The van der Waals surface area contributed by atoms with Crippen molar-refractivity contribution in [2.24, 2.45) is 23.7 Å². The average molecular weight is 314 g/mol. The quantitative estimate of drug-likeness (QED) is 0.652. The Bertz CT molecular complexity index is 252. The molecule has 4 N–H and O–H groups in total. The van der Waals surface area contributed by atoms with Crippen LogP contribution in [0.15, 0.2) is 0 Å². The van der Waals surface area contributed by atoms with Gasteiger partial charge >= 0.3 is 0 Å². The summed E-state index contributed by atoms with van der Waals surface area (Å²) in [4.78, 5) is 0. The highest BCUT2D eigenvalue weighted by Gasteiger charge is 2.35. The molecule has 0 bridgehead atoms. The van der Waals surface area contributed by atoms with E-state index in [2.05, 4.69) is 6.92 Å². The first kappa shape index (κ1) is 23.0. The van der Waals surface area contributed by atoms with Gasteiger partial charge in [0.15, 0.2) is 0 Å². The van der Waals surface area contributed by atoms with Gasteiger partial charge in [-0.2, -0.15) is 0 Å². The van der Waals surface area contributed by atoms with Crippen LogP contribution in [0.2, 0.25) is 0 Å². The molecule has 7 unspecified atom stereocenters. The van der Waals surface area contributed by atoms with E-state index in [1.807, 2.05) is 6.92 Å². The van der Waals surface area contributed by atoms with Crippen LogP contribution in [0.5, 0.6) is 0 Å². The van der Waals surface area contributed by atoms with Crippen LogP contribution in [0.1, 0.15) is 59.8 Å². The lowest BCUT2D eigenvalue weighted by Crippen LogP contribution is -2.35. The minimum absolute atomic E-state index is 0. The monoisotopic (exact) mass is 314 g/mol. The van der Waals surface area contributed by atoms with E-state index in [4.69, 9.17) is 0 Å². The lowest BCUT2D eigenvalue weighted by Gasteiger charge is -2.30. The average Bonchev–Trinajstić information content (AvgIpc) is 2.37. The highest BCUT2D eigenvalue weighted by Crippen LogP contribution is 2.33. The van der Waals surface area contributed by atoms with E-state index in [0.29, 0.717) is 11.8 Å². The second-order valence-electron chi connectivity index (χ2n) is 6.83. The van der Waals surface area contributed by atoms with Crippen molar-refractivity contribution in [3.63, 3.8) is 0 Å². The second kappa shape index (κ2) is 10.4. The number of hydrogen-bond donors (Lipinski definition) is 0. The Morgan fingerprint density at radius 1 is 0.619 bits per heavy atom. The van der Waals surface area contributed by atoms with Gasteiger partial charge in [0.2, 0.25) is 0 Å². The van der Waals surface area contributed by atoms with Crippen LogP contribution >= 0.6 is 0 Å². The summed E-state index contributed by atoms with van der Waals surface area (Å²) in [5, 5.41) is 0. The first-order chi connectivity index (χ1) is 8.82. The van der Waals surface area contributed by atoms with Gasteiger partial charge in [-0.15, -0.1) is 0 Å². The zero-order chi connectivity index (χ0) is 14.6. The molecule has 130 valence electrons. The second-order valence-corrected chi connectivity index (χ2v) is 6.83. The van der Waals surface area contributed by atoms with Crippen molar-refractivity contribution in [2.75, 3.05) is 0 Å². The number of rotatable bonds is 0. The Morgan fingerprint density at radius 3 is 1.33 bits per heavy atom. The maximum Gasteiger partial charge on any atom is 0.134 e. The largest absolute Gasteiger partial charge is 0.412 e. The molecule has 5 heteroatoms. The first-order valence-corrected chi connectivity index (χ1v) is 7.75. The third kappa shape index (κ3) is 7.00. The Kier molecular flexibility index (Phi) is 11.4. The predicted octanol–water partition coefficient (Wildman–Crippen LogP) is 3.86. The predicted molar refractivity (Wildman–Crippen MR) is 81.7 cm³/mol. The van der Waals surface area contributed by atoms with E-state index < -0.39 is 18.5 Å². The molecular formula is C16H33F3O2. The van der Waals surface area contributed by atoms with Gasteiger partial charge in [-0.25, -0.2) is 13.2 Å². The van der Waals surface area contributed by atoms with Crippen LogP contribution in [0.3, 0.4) is 0 Å². The van der Waals surface area contributed by atoms with Gasteiger partial charge in [0.1, 0.15) is 18.5 Å². The summed E-state index contributed by atoms with van der Waals surface area (Å²) in [6.45, 7) is 7.71. The Labute approximate surface area is 127 Å². The van der Waals surface area contributed by atoms with Crippen LogP contribution in [-0.2, 0) is 0 Å². The molecule has 0 heterocycles. The first-order valence-electron chi connectivity index (χ1n) is 7.75. The fraction of sp³-hybridized carbons (Fsp3) is 1.00. The highest BCUT2D eigenvalue weighted by atomic mass is 19.2. The van der Waals surface area contributed by atoms with E-state index in [-0.39, 0.29) is 22.8 Å². The topological polar surface area (TPSA) is 63.0 Å². The fourth-order valence-corrected chi connectivity index (χ4v) is 2.93.